The van der Waals surface area contributed by atoms with E-state index in [4.69, 9.17) is 5.11 Å². The highest BCUT2D eigenvalue weighted by molar-refractivity contribution is 5.86. The van der Waals surface area contributed by atoms with E-state index in [1.54, 1.807) is 16.3 Å². The van der Waals surface area contributed by atoms with Gasteiger partial charge in [0.25, 0.3) is 0 Å². The minimum absolute atomic E-state index is 0.0103. The fourth-order valence-electron chi connectivity index (χ4n) is 1.67. The van der Waals surface area contributed by atoms with Gasteiger partial charge in [-0.3, -0.25) is 4.68 Å². The highest BCUT2D eigenvalue weighted by Crippen LogP contribution is 2.08. The molecule has 7 heteroatoms. The van der Waals surface area contributed by atoms with Gasteiger partial charge in [0.15, 0.2) is 5.69 Å². The third kappa shape index (κ3) is 2.03. The zero-order valence-corrected chi connectivity index (χ0v) is 9.88. The van der Waals surface area contributed by atoms with Crippen molar-refractivity contribution >= 4 is 5.97 Å². The van der Waals surface area contributed by atoms with Gasteiger partial charge in [-0.05, 0) is 19.9 Å². The number of carbonyl (C=O) groups is 1. The highest BCUT2D eigenvalue weighted by atomic mass is 16.4. The lowest BCUT2D eigenvalue weighted by molar-refractivity contribution is 0.0689. The van der Waals surface area contributed by atoms with E-state index in [9.17, 15) is 4.79 Å². The number of hydrogen-bond acceptors (Lipinski definition) is 4. The van der Waals surface area contributed by atoms with Crippen LogP contribution in [0.15, 0.2) is 6.07 Å². The van der Waals surface area contributed by atoms with Crippen LogP contribution in [-0.2, 0) is 13.6 Å². The molecule has 17 heavy (non-hydrogen) atoms. The topological polar surface area (TPSA) is 85.8 Å². The molecule has 0 atom stereocenters. The zero-order valence-electron chi connectivity index (χ0n) is 9.88. The predicted octanol–water partition coefficient (Wildman–Crippen LogP) is 0.375. The number of aryl methyl sites for hydroxylation is 2. The maximum atomic E-state index is 10.8. The molecule has 2 aromatic rings. The van der Waals surface area contributed by atoms with Crippen molar-refractivity contribution < 1.29 is 9.90 Å². The monoisotopic (exact) mass is 235 g/mol. The first-order valence-corrected chi connectivity index (χ1v) is 5.12. The Morgan fingerprint density at radius 2 is 2.18 bits per heavy atom. The van der Waals surface area contributed by atoms with Crippen molar-refractivity contribution in [3.8, 4) is 0 Å². The zero-order chi connectivity index (χ0) is 12.6. The maximum Gasteiger partial charge on any atom is 0.358 e. The molecule has 0 saturated carbocycles. The van der Waals surface area contributed by atoms with Crippen molar-refractivity contribution in [1.82, 2.24) is 24.8 Å². The van der Waals surface area contributed by atoms with Crippen molar-refractivity contribution in [2.45, 2.75) is 20.4 Å². The number of hydrogen-bond donors (Lipinski definition) is 1. The van der Waals surface area contributed by atoms with Gasteiger partial charge >= 0.3 is 5.97 Å². The van der Waals surface area contributed by atoms with E-state index in [2.05, 4.69) is 15.4 Å². The lowest BCUT2D eigenvalue weighted by Crippen LogP contribution is -2.09. The molecule has 0 spiro atoms. The van der Waals surface area contributed by atoms with E-state index < -0.39 is 5.97 Å². The molecular formula is C10H13N5O2. The van der Waals surface area contributed by atoms with Crippen LogP contribution < -0.4 is 0 Å². The molecule has 2 heterocycles. The Balaban J connectivity index is 2.31. The van der Waals surface area contributed by atoms with Crippen LogP contribution >= 0.6 is 0 Å². The largest absolute Gasteiger partial charge is 0.476 e. The molecule has 0 aromatic carbocycles. The van der Waals surface area contributed by atoms with Crippen LogP contribution in [0.1, 0.15) is 27.6 Å². The predicted molar refractivity (Wildman–Crippen MR) is 58.8 cm³/mol. The van der Waals surface area contributed by atoms with Crippen LogP contribution in [0.3, 0.4) is 0 Å². The van der Waals surface area contributed by atoms with Crippen LogP contribution in [0.25, 0.3) is 0 Å². The average Bonchev–Trinajstić information content (AvgIpc) is 2.73. The van der Waals surface area contributed by atoms with E-state index in [0.717, 1.165) is 11.4 Å². The standard InChI is InChI=1S/C10H13N5O2/c1-6-4-8(14(3)12-6)5-15-7(2)9(10(16)17)11-13-15/h4H,5H2,1-3H3,(H,16,17). The van der Waals surface area contributed by atoms with E-state index in [1.165, 1.54) is 0 Å². The van der Waals surface area contributed by atoms with E-state index >= 15 is 0 Å². The number of carboxylic acids is 1. The number of aromatic nitrogens is 5. The summed E-state index contributed by atoms with van der Waals surface area (Å²) in [4.78, 5) is 10.8. The Morgan fingerprint density at radius 1 is 1.47 bits per heavy atom. The SMILES string of the molecule is Cc1cc(Cn2nnc(C(=O)O)c2C)n(C)n1. The van der Waals surface area contributed by atoms with Crippen LogP contribution in [0, 0.1) is 13.8 Å². The van der Waals surface area contributed by atoms with Gasteiger partial charge < -0.3 is 5.11 Å². The molecule has 90 valence electrons. The van der Waals surface area contributed by atoms with Gasteiger partial charge in [-0.15, -0.1) is 5.10 Å². The van der Waals surface area contributed by atoms with Crippen molar-refractivity contribution in [2.24, 2.45) is 7.05 Å². The lowest BCUT2D eigenvalue weighted by Gasteiger charge is -2.03. The minimum atomic E-state index is -1.06. The lowest BCUT2D eigenvalue weighted by atomic mass is 10.3. The van der Waals surface area contributed by atoms with Gasteiger partial charge in [-0.2, -0.15) is 5.10 Å². The van der Waals surface area contributed by atoms with Gasteiger partial charge in [-0.25, -0.2) is 9.48 Å². The van der Waals surface area contributed by atoms with Gasteiger partial charge in [0, 0.05) is 7.05 Å². The Hall–Kier alpha value is -2.18. The maximum absolute atomic E-state index is 10.8. The van der Waals surface area contributed by atoms with Crippen molar-refractivity contribution in [1.29, 1.82) is 0 Å². The molecule has 0 radical (unpaired) electrons. The quantitative estimate of drug-likeness (QED) is 0.830. The van der Waals surface area contributed by atoms with Crippen molar-refractivity contribution in [2.75, 3.05) is 0 Å². The number of carboxylic acid groups (broad SMARTS) is 1. The molecule has 2 rings (SSSR count). The van der Waals surface area contributed by atoms with Crippen molar-refractivity contribution in [3.63, 3.8) is 0 Å². The Bertz CT molecular complexity index is 569. The second-order valence-electron chi connectivity index (χ2n) is 3.89. The smallest absolute Gasteiger partial charge is 0.358 e. The first kappa shape index (κ1) is 11.3. The number of rotatable bonds is 3. The average molecular weight is 235 g/mol. The molecule has 1 N–H and O–H groups in total. The van der Waals surface area contributed by atoms with E-state index in [0.29, 0.717) is 12.2 Å². The molecule has 2 aromatic heterocycles. The molecule has 0 unspecified atom stereocenters. The molecule has 0 amide bonds. The third-order valence-electron chi connectivity index (χ3n) is 2.60. The fourth-order valence-corrected chi connectivity index (χ4v) is 1.67. The summed E-state index contributed by atoms with van der Waals surface area (Å²) in [7, 11) is 1.84. The van der Waals surface area contributed by atoms with Crippen LogP contribution in [0.5, 0.6) is 0 Å². The summed E-state index contributed by atoms with van der Waals surface area (Å²) in [5.41, 5.74) is 2.39. The van der Waals surface area contributed by atoms with Crippen LogP contribution in [0.2, 0.25) is 0 Å². The van der Waals surface area contributed by atoms with Gasteiger partial charge in [0.2, 0.25) is 0 Å². The Labute approximate surface area is 97.7 Å². The van der Waals surface area contributed by atoms with Crippen LogP contribution in [0.4, 0.5) is 0 Å². The molecule has 0 aliphatic rings. The Morgan fingerprint density at radius 3 is 2.65 bits per heavy atom. The summed E-state index contributed by atoms with van der Waals surface area (Å²) in [6.45, 7) is 4.05. The Kier molecular flexibility index (Phi) is 2.66. The summed E-state index contributed by atoms with van der Waals surface area (Å²) in [5, 5.41) is 20.5. The van der Waals surface area contributed by atoms with Crippen LogP contribution in [-0.4, -0.2) is 35.9 Å². The summed E-state index contributed by atoms with van der Waals surface area (Å²) in [6, 6.07) is 1.93. The molecule has 0 aliphatic carbocycles. The van der Waals surface area contributed by atoms with Gasteiger partial charge in [0.1, 0.15) is 0 Å². The number of nitrogens with zero attached hydrogens (tertiary/aromatic N) is 5. The summed E-state index contributed by atoms with van der Waals surface area (Å²) >= 11 is 0. The molecule has 0 aliphatic heterocycles. The minimum Gasteiger partial charge on any atom is -0.476 e. The second kappa shape index (κ2) is 4.00. The summed E-state index contributed by atoms with van der Waals surface area (Å²) in [6.07, 6.45) is 0. The molecule has 0 bridgehead atoms. The highest BCUT2D eigenvalue weighted by Gasteiger charge is 2.15. The first-order chi connectivity index (χ1) is 7.99. The first-order valence-electron chi connectivity index (χ1n) is 5.12. The fraction of sp³-hybridized carbons (Fsp3) is 0.400. The molecule has 7 nitrogen and oxygen atoms in total. The molecule has 0 saturated heterocycles. The molecular weight excluding hydrogens is 222 g/mol. The van der Waals surface area contributed by atoms with Gasteiger partial charge in [0.05, 0.1) is 23.6 Å². The van der Waals surface area contributed by atoms with E-state index in [-0.39, 0.29) is 5.69 Å². The summed E-state index contributed by atoms with van der Waals surface area (Å²) < 4.78 is 3.30. The second-order valence-corrected chi connectivity index (χ2v) is 3.89. The number of aromatic carboxylic acids is 1. The van der Waals surface area contributed by atoms with E-state index in [1.807, 2.05) is 20.0 Å². The summed E-state index contributed by atoms with van der Waals surface area (Å²) in [5.74, 6) is -1.06. The van der Waals surface area contributed by atoms with Gasteiger partial charge in [-0.1, -0.05) is 5.21 Å². The third-order valence-corrected chi connectivity index (χ3v) is 2.60. The molecule has 0 fully saturated rings. The normalized spacial score (nSPS) is 10.8. The van der Waals surface area contributed by atoms with Crippen molar-refractivity contribution in [3.05, 3.63) is 28.8 Å².